The van der Waals surface area contributed by atoms with Gasteiger partial charge >= 0.3 is 0 Å². The molecule has 0 aliphatic carbocycles. The van der Waals surface area contributed by atoms with Gasteiger partial charge in [0.05, 0.1) is 16.6 Å². The second kappa shape index (κ2) is 4.07. The number of aromatic nitrogens is 2. The highest BCUT2D eigenvalue weighted by atomic mass is 19.2. The number of fused-ring (bicyclic) bond motifs is 1. The summed E-state index contributed by atoms with van der Waals surface area (Å²) in [6, 6.07) is 2.20. The largest absolute Gasteiger partial charge is 0.378 e. The molecular formula is C12H14F2N2O. The highest BCUT2D eigenvalue weighted by Crippen LogP contribution is 2.19. The van der Waals surface area contributed by atoms with Gasteiger partial charge in [-0.15, -0.1) is 0 Å². The fourth-order valence-electron chi connectivity index (χ4n) is 1.62. The first-order chi connectivity index (χ1) is 7.91. The van der Waals surface area contributed by atoms with Crippen LogP contribution in [0, 0.1) is 11.6 Å². The van der Waals surface area contributed by atoms with E-state index in [-0.39, 0.29) is 5.60 Å². The van der Waals surface area contributed by atoms with Gasteiger partial charge in [-0.1, -0.05) is 0 Å². The van der Waals surface area contributed by atoms with E-state index in [2.05, 4.69) is 9.97 Å². The third kappa shape index (κ3) is 2.44. The number of halogens is 2. The lowest BCUT2D eigenvalue weighted by Gasteiger charge is -2.21. The molecule has 0 unspecified atom stereocenters. The van der Waals surface area contributed by atoms with Crippen LogP contribution < -0.4 is 0 Å². The van der Waals surface area contributed by atoms with Crippen molar-refractivity contribution in [3.05, 3.63) is 29.6 Å². The maximum Gasteiger partial charge on any atom is 0.161 e. The van der Waals surface area contributed by atoms with Gasteiger partial charge in [0.25, 0.3) is 0 Å². The van der Waals surface area contributed by atoms with Crippen molar-refractivity contribution in [2.24, 2.45) is 0 Å². The SMILES string of the molecule is COC(C)(C)Cc1nc2cc(F)c(F)cc2[nH]1. The van der Waals surface area contributed by atoms with Crippen molar-refractivity contribution in [3.8, 4) is 0 Å². The van der Waals surface area contributed by atoms with E-state index >= 15 is 0 Å². The summed E-state index contributed by atoms with van der Waals surface area (Å²) in [5.41, 5.74) is 0.543. The molecule has 1 aromatic carbocycles. The lowest BCUT2D eigenvalue weighted by Crippen LogP contribution is -2.26. The molecule has 0 amide bonds. The van der Waals surface area contributed by atoms with Crippen LogP contribution in [0.15, 0.2) is 12.1 Å². The lowest BCUT2D eigenvalue weighted by molar-refractivity contribution is 0.0218. The van der Waals surface area contributed by atoms with Crippen LogP contribution in [0.4, 0.5) is 8.78 Å². The first kappa shape index (κ1) is 12.0. The van der Waals surface area contributed by atoms with Gasteiger partial charge in [-0.25, -0.2) is 13.8 Å². The molecule has 2 aromatic rings. The minimum atomic E-state index is -0.887. The fraction of sp³-hybridized carbons (Fsp3) is 0.417. The summed E-state index contributed by atoms with van der Waals surface area (Å²) in [5.74, 6) is -1.11. The maximum atomic E-state index is 13.0. The van der Waals surface area contributed by atoms with Crippen LogP contribution in [0.1, 0.15) is 19.7 Å². The van der Waals surface area contributed by atoms with E-state index in [9.17, 15) is 8.78 Å². The van der Waals surface area contributed by atoms with Crippen molar-refractivity contribution in [1.82, 2.24) is 9.97 Å². The number of ether oxygens (including phenoxy) is 1. The molecule has 1 aromatic heterocycles. The lowest BCUT2D eigenvalue weighted by atomic mass is 10.1. The Balaban J connectivity index is 2.38. The van der Waals surface area contributed by atoms with Gasteiger partial charge in [-0.3, -0.25) is 0 Å². The van der Waals surface area contributed by atoms with Gasteiger partial charge in [0.1, 0.15) is 5.82 Å². The molecule has 0 atom stereocenters. The smallest absolute Gasteiger partial charge is 0.161 e. The Labute approximate surface area is 97.8 Å². The standard InChI is InChI=1S/C12H14F2N2O/c1-12(2,17-3)6-11-15-9-4-7(13)8(14)5-10(9)16-11/h4-5H,6H2,1-3H3,(H,15,16). The summed E-state index contributed by atoms with van der Waals surface area (Å²) in [7, 11) is 1.61. The number of imidazole rings is 1. The summed E-state index contributed by atoms with van der Waals surface area (Å²) < 4.78 is 31.3. The van der Waals surface area contributed by atoms with E-state index in [0.29, 0.717) is 23.3 Å². The molecule has 0 aliphatic rings. The van der Waals surface area contributed by atoms with Gasteiger partial charge in [0.15, 0.2) is 11.6 Å². The number of rotatable bonds is 3. The van der Waals surface area contributed by atoms with Crippen LogP contribution in [-0.2, 0) is 11.2 Å². The molecule has 2 rings (SSSR count). The average molecular weight is 240 g/mol. The summed E-state index contributed by atoms with van der Waals surface area (Å²) >= 11 is 0. The number of H-pyrrole nitrogens is 1. The third-order valence-corrected chi connectivity index (χ3v) is 2.72. The van der Waals surface area contributed by atoms with E-state index in [1.54, 1.807) is 7.11 Å². The number of nitrogens with one attached hydrogen (secondary N) is 1. The topological polar surface area (TPSA) is 37.9 Å². The molecule has 0 aliphatic heterocycles. The predicted molar refractivity (Wildman–Crippen MR) is 60.8 cm³/mol. The van der Waals surface area contributed by atoms with Crippen LogP contribution in [0.25, 0.3) is 11.0 Å². The number of hydrogen-bond donors (Lipinski definition) is 1. The molecule has 0 spiro atoms. The first-order valence-electron chi connectivity index (χ1n) is 5.30. The van der Waals surface area contributed by atoms with Crippen molar-refractivity contribution >= 4 is 11.0 Å². The van der Waals surface area contributed by atoms with Crippen molar-refractivity contribution in [2.45, 2.75) is 25.9 Å². The second-order valence-corrected chi connectivity index (χ2v) is 4.61. The van der Waals surface area contributed by atoms with E-state index in [4.69, 9.17) is 4.74 Å². The van der Waals surface area contributed by atoms with Crippen molar-refractivity contribution in [1.29, 1.82) is 0 Å². The van der Waals surface area contributed by atoms with E-state index in [0.717, 1.165) is 12.1 Å². The Morgan fingerprint density at radius 2 is 1.94 bits per heavy atom. The van der Waals surface area contributed by atoms with Crippen molar-refractivity contribution in [2.75, 3.05) is 7.11 Å². The maximum absolute atomic E-state index is 13.0. The third-order valence-electron chi connectivity index (χ3n) is 2.72. The monoisotopic (exact) mass is 240 g/mol. The number of nitrogens with zero attached hydrogens (tertiary/aromatic N) is 1. The zero-order valence-corrected chi connectivity index (χ0v) is 9.97. The molecule has 0 saturated carbocycles. The van der Waals surface area contributed by atoms with Crippen LogP contribution >= 0.6 is 0 Å². The van der Waals surface area contributed by atoms with Gasteiger partial charge in [0, 0.05) is 25.7 Å². The molecule has 3 nitrogen and oxygen atoms in total. The highest BCUT2D eigenvalue weighted by Gasteiger charge is 2.19. The Morgan fingerprint density at radius 3 is 2.59 bits per heavy atom. The van der Waals surface area contributed by atoms with Gasteiger partial charge in [-0.05, 0) is 13.8 Å². The molecule has 92 valence electrons. The highest BCUT2D eigenvalue weighted by molar-refractivity contribution is 5.75. The normalized spacial score (nSPS) is 12.3. The quantitative estimate of drug-likeness (QED) is 0.895. The van der Waals surface area contributed by atoms with E-state index in [1.807, 2.05) is 13.8 Å². The van der Waals surface area contributed by atoms with Crippen LogP contribution in [0.5, 0.6) is 0 Å². The van der Waals surface area contributed by atoms with Crippen molar-refractivity contribution in [3.63, 3.8) is 0 Å². The predicted octanol–water partition coefficient (Wildman–Crippen LogP) is 2.81. The van der Waals surface area contributed by atoms with Crippen molar-refractivity contribution < 1.29 is 13.5 Å². The zero-order chi connectivity index (χ0) is 12.6. The molecule has 0 bridgehead atoms. The second-order valence-electron chi connectivity index (χ2n) is 4.61. The van der Waals surface area contributed by atoms with Crippen LogP contribution in [0.2, 0.25) is 0 Å². The Bertz CT molecular complexity index is 510. The molecule has 5 heteroatoms. The fourth-order valence-corrected chi connectivity index (χ4v) is 1.62. The van der Waals surface area contributed by atoms with E-state index in [1.165, 1.54) is 0 Å². The number of aromatic amines is 1. The molecule has 1 N–H and O–H groups in total. The molecular weight excluding hydrogens is 226 g/mol. The number of methoxy groups -OCH3 is 1. The molecule has 17 heavy (non-hydrogen) atoms. The minimum Gasteiger partial charge on any atom is -0.378 e. The summed E-state index contributed by atoms with van der Waals surface area (Å²) in [4.78, 5) is 7.16. The van der Waals surface area contributed by atoms with Gasteiger partial charge in [0.2, 0.25) is 0 Å². The Kier molecular flexibility index (Phi) is 2.87. The molecule has 0 radical (unpaired) electrons. The number of benzene rings is 1. The summed E-state index contributed by atoms with van der Waals surface area (Å²) in [6.45, 7) is 3.84. The zero-order valence-electron chi connectivity index (χ0n) is 9.97. The van der Waals surface area contributed by atoms with E-state index < -0.39 is 11.6 Å². The van der Waals surface area contributed by atoms with Crippen LogP contribution in [0.3, 0.4) is 0 Å². The van der Waals surface area contributed by atoms with Gasteiger partial charge in [-0.2, -0.15) is 0 Å². The Morgan fingerprint density at radius 1 is 1.29 bits per heavy atom. The average Bonchev–Trinajstić information content (AvgIpc) is 2.59. The first-order valence-corrected chi connectivity index (χ1v) is 5.30. The molecule has 0 saturated heterocycles. The molecule has 0 fully saturated rings. The molecule has 1 heterocycles. The summed E-state index contributed by atoms with van der Waals surface area (Å²) in [5, 5.41) is 0. The number of hydrogen-bond acceptors (Lipinski definition) is 2. The van der Waals surface area contributed by atoms with Crippen LogP contribution in [-0.4, -0.2) is 22.7 Å². The van der Waals surface area contributed by atoms with Gasteiger partial charge < -0.3 is 9.72 Å². The minimum absolute atomic E-state index is 0.370. The Hall–Kier alpha value is -1.49. The summed E-state index contributed by atoms with van der Waals surface area (Å²) in [6.07, 6.45) is 0.543.